The second-order valence-electron chi connectivity index (χ2n) is 6.21. The molecule has 0 saturated heterocycles. The average Bonchev–Trinajstić information content (AvgIpc) is 2.69. The summed E-state index contributed by atoms with van der Waals surface area (Å²) in [4.78, 5) is 12.6. The Labute approximate surface area is 168 Å². The number of ether oxygens (including phenoxy) is 1. The minimum Gasteiger partial charge on any atom is -0.507 e. The van der Waals surface area contributed by atoms with Gasteiger partial charge in [0, 0.05) is 22.2 Å². The van der Waals surface area contributed by atoms with Crippen LogP contribution < -0.4 is 10.2 Å². The van der Waals surface area contributed by atoms with Gasteiger partial charge in [0.15, 0.2) is 5.76 Å². The van der Waals surface area contributed by atoms with Crippen molar-refractivity contribution in [2.24, 2.45) is 0 Å². The number of halogens is 1. The lowest BCUT2D eigenvalue weighted by atomic mass is 10.1. The third-order valence-corrected chi connectivity index (χ3v) is 4.75. The van der Waals surface area contributed by atoms with Gasteiger partial charge in [0.25, 0.3) is 0 Å². The van der Waals surface area contributed by atoms with Crippen LogP contribution in [-0.2, 0) is 6.61 Å². The Hall–Kier alpha value is -3.25. The van der Waals surface area contributed by atoms with E-state index in [9.17, 15) is 15.0 Å². The topological polar surface area (TPSA) is 79.9 Å². The van der Waals surface area contributed by atoms with E-state index in [4.69, 9.17) is 9.15 Å². The van der Waals surface area contributed by atoms with Crippen molar-refractivity contribution in [1.29, 1.82) is 0 Å². The van der Waals surface area contributed by atoms with Gasteiger partial charge in [-0.05, 0) is 17.7 Å². The maximum atomic E-state index is 12.6. The molecule has 6 heteroatoms. The minimum atomic E-state index is -0.698. The van der Waals surface area contributed by atoms with Crippen molar-refractivity contribution < 1.29 is 19.4 Å². The molecule has 0 spiro atoms. The molecule has 0 atom stereocenters. The van der Waals surface area contributed by atoms with Crippen molar-refractivity contribution in [2.75, 3.05) is 0 Å². The highest BCUT2D eigenvalue weighted by molar-refractivity contribution is 9.10. The molecular formula is C22H15BrO5. The molecule has 3 aromatic carbocycles. The van der Waals surface area contributed by atoms with E-state index in [-0.39, 0.29) is 29.1 Å². The van der Waals surface area contributed by atoms with Gasteiger partial charge in [-0.1, -0.05) is 58.4 Å². The number of fused-ring (bicyclic) bond motifs is 1. The highest BCUT2D eigenvalue weighted by Gasteiger charge is 2.18. The van der Waals surface area contributed by atoms with Crippen LogP contribution in [0.4, 0.5) is 0 Å². The van der Waals surface area contributed by atoms with E-state index in [0.717, 1.165) is 10.0 Å². The molecule has 0 unspecified atom stereocenters. The molecule has 0 fully saturated rings. The van der Waals surface area contributed by atoms with Crippen LogP contribution in [0.25, 0.3) is 22.3 Å². The molecule has 1 heterocycles. The molecule has 0 bridgehead atoms. The summed E-state index contributed by atoms with van der Waals surface area (Å²) in [5.74, 6) is -0.471. The Morgan fingerprint density at radius 3 is 2.50 bits per heavy atom. The number of aromatic hydroxyl groups is 2. The molecule has 140 valence electrons. The standard InChI is InChI=1S/C22H15BrO5/c23-15-8-4-5-13(9-15)12-27-16-10-17(24)19-18(11-16)28-22(21(26)20(19)25)14-6-2-1-3-7-14/h1-11,24,26H,12H2. The number of hydrogen-bond acceptors (Lipinski definition) is 5. The van der Waals surface area contributed by atoms with Crippen LogP contribution >= 0.6 is 15.9 Å². The van der Waals surface area contributed by atoms with Gasteiger partial charge in [-0.25, -0.2) is 0 Å². The molecule has 0 amide bonds. The van der Waals surface area contributed by atoms with E-state index in [1.807, 2.05) is 30.3 Å². The summed E-state index contributed by atoms with van der Waals surface area (Å²) in [7, 11) is 0. The fraction of sp³-hybridized carbons (Fsp3) is 0.0455. The van der Waals surface area contributed by atoms with E-state index >= 15 is 0 Å². The van der Waals surface area contributed by atoms with Crippen LogP contribution in [0.1, 0.15) is 5.56 Å². The van der Waals surface area contributed by atoms with Crippen molar-refractivity contribution in [1.82, 2.24) is 0 Å². The molecule has 0 aliphatic carbocycles. The third-order valence-electron chi connectivity index (χ3n) is 4.25. The smallest absolute Gasteiger partial charge is 0.238 e. The second kappa shape index (κ2) is 7.40. The van der Waals surface area contributed by atoms with E-state index in [2.05, 4.69) is 15.9 Å². The van der Waals surface area contributed by atoms with Gasteiger partial charge in [0.05, 0.1) is 0 Å². The van der Waals surface area contributed by atoms with Crippen molar-refractivity contribution in [3.05, 3.63) is 87.0 Å². The summed E-state index contributed by atoms with van der Waals surface area (Å²) in [5, 5.41) is 20.5. The minimum absolute atomic E-state index is 0.0432. The second-order valence-corrected chi connectivity index (χ2v) is 7.12. The van der Waals surface area contributed by atoms with E-state index in [1.165, 1.54) is 12.1 Å². The fourth-order valence-corrected chi connectivity index (χ4v) is 3.37. The molecule has 0 saturated carbocycles. The Morgan fingerprint density at radius 2 is 1.75 bits per heavy atom. The quantitative estimate of drug-likeness (QED) is 0.456. The van der Waals surface area contributed by atoms with Crippen LogP contribution in [0.5, 0.6) is 17.2 Å². The first-order valence-electron chi connectivity index (χ1n) is 8.48. The first-order chi connectivity index (χ1) is 13.5. The number of phenols is 1. The SMILES string of the molecule is O=c1c(O)c(-c2ccccc2)oc2cc(OCc3cccc(Br)c3)cc(O)c12. The van der Waals surface area contributed by atoms with Crippen LogP contribution in [0.15, 0.2) is 80.4 Å². The number of phenolic OH excluding ortho intramolecular Hbond substituents is 1. The van der Waals surface area contributed by atoms with Gasteiger partial charge in [-0.3, -0.25) is 4.79 Å². The summed E-state index contributed by atoms with van der Waals surface area (Å²) in [6, 6.07) is 19.3. The van der Waals surface area contributed by atoms with Crippen molar-refractivity contribution in [3.63, 3.8) is 0 Å². The van der Waals surface area contributed by atoms with Crippen molar-refractivity contribution in [3.8, 4) is 28.6 Å². The summed E-state index contributed by atoms with van der Waals surface area (Å²) >= 11 is 3.41. The van der Waals surface area contributed by atoms with E-state index < -0.39 is 11.2 Å². The Bertz CT molecular complexity index is 1220. The molecule has 5 nitrogen and oxygen atoms in total. The fourth-order valence-electron chi connectivity index (χ4n) is 2.93. The molecule has 0 radical (unpaired) electrons. The summed E-state index contributed by atoms with van der Waals surface area (Å²) in [6.45, 7) is 0.276. The molecule has 28 heavy (non-hydrogen) atoms. The molecule has 2 N–H and O–H groups in total. The van der Waals surface area contributed by atoms with Crippen LogP contribution in [0.3, 0.4) is 0 Å². The van der Waals surface area contributed by atoms with Gasteiger partial charge in [-0.15, -0.1) is 0 Å². The van der Waals surface area contributed by atoms with Crippen LogP contribution in [-0.4, -0.2) is 10.2 Å². The number of hydrogen-bond donors (Lipinski definition) is 2. The first kappa shape index (κ1) is 18.1. The Kier molecular flexibility index (Phi) is 4.79. The monoisotopic (exact) mass is 438 g/mol. The van der Waals surface area contributed by atoms with Crippen molar-refractivity contribution >= 4 is 26.9 Å². The third kappa shape index (κ3) is 3.46. The lowest BCUT2D eigenvalue weighted by molar-refractivity contribution is 0.304. The normalized spacial score (nSPS) is 10.9. The Balaban J connectivity index is 1.76. The van der Waals surface area contributed by atoms with Gasteiger partial charge in [0.1, 0.15) is 29.1 Å². The van der Waals surface area contributed by atoms with Crippen LogP contribution in [0, 0.1) is 0 Å². The van der Waals surface area contributed by atoms with Gasteiger partial charge >= 0.3 is 0 Å². The molecule has 0 aliphatic rings. The average molecular weight is 439 g/mol. The highest BCUT2D eigenvalue weighted by Crippen LogP contribution is 2.35. The number of benzene rings is 3. The Morgan fingerprint density at radius 1 is 0.964 bits per heavy atom. The lowest BCUT2D eigenvalue weighted by Gasteiger charge is -2.10. The molecule has 4 rings (SSSR count). The zero-order valence-corrected chi connectivity index (χ0v) is 16.1. The van der Waals surface area contributed by atoms with E-state index in [1.54, 1.807) is 24.3 Å². The largest absolute Gasteiger partial charge is 0.507 e. The molecule has 4 aromatic rings. The van der Waals surface area contributed by atoms with Gasteiger partial charge in [-0.2, -0.15) is 0 Å². The zero-order valence-electron chi connectivity index (χ0n) is 14.6. The summed E-state index contributed by atoms with van der Waals surface area (Å²) < 4.78 is 12.4. The predicted octanol–water partition coefficient (Wildman–Crippen LogP) is 5.21. The van der Waals surface area contributed by atoms with Gasteiger partial charge in [0.2, 0.25) is 11.2 Å². The molecule has 0 aliphatic heterocycles. The maximum Gasteiger partial charge on any atom is 0.238 e. The highest BCUT2D eigenvalue weighted by atomic mass is 79.9. The number of rotatable bonds is 4. The zero-order chi connectivity index (χ0) is 19.7. The van der Waals surface area contributed by atoms with Crippen LogP contribution in [0.2, 0.25) is 0 Å². The van der Waals surface area contributed by atoms with Gasteiger partial charge < -0.3 is 19.4 Å². The summed E-state index contributed by atoms with van der Waals surface area (Å²) in [6.07, 6.45) is 0. The molecule has 1 aromatic heterocycles. The maximum absolute atomic E-state index is 12.6. The predicted molar refractivity (Wildman–Crippen MR) is 110 cm³/mol. The van der Waals surface area contributed by atoms with E-state index in [0.29, 0.717) is 11.3 Å². The molecular weight excluding hydrogens is 424 g/mol. The van der Waals surface area contributed by atoms with Crippen molar-refractivity contribution in [2.45, 2.75) is 6.61 Å². The summed E-state index contributed by atoms with van der Waals surface area (Å²) in [5.41, 5.74) is 0.923. The first-order valence-corrected chi connectivity index (χ1v) is 9.27. The lowest BCUT2D eigenvalue weighted by Crippen LogP contribution is -2.04.